The van der Waals surface area contributed by atoms with Gasteiger partial charge in [-0.15, -0.1) is 0 Å². The first-order valence-electron chi connectivity index (χ1n) is 6.86. The van der Waals surface area contributed by atoms with E-state index in [9.17, 15) is 0 Å². The fourth-order valence-corrected chi connectivity index (χ4v) is 2.63. The fourth-order valence-electron chi connectivity index (χ4n) is 2.43. The van der Waals surface area contributed by atoms with Crippen molar-refractivity contribution in [1.82, 2.24) is 4.90 Å². The van der Waals surface area contributed by atoms with Gasteiger partial charge in [-0.2, -0.15) is 0 Å². The summed E-state index contributed by atoms with van der Waals surface area (Å²) in [6, 6.07) is 11.8. The molecule has 0 spiro atoms. The lowest BCUT2D eigenvalue weighted by Gasteiger charge is -2.31. The largest absolute Gasteiger partial charge is 0.468 e. The monoisotopic (exact) mass is 292 g/mol. The Hall–Kier alpha value is -1.29. The predicted molar refractivity (Wildman–Crippen MR) is 82.6 cm³/mol. The summed E-state index contributed by atoms with van der Waals surface area (Å²) in [4.78, 5) is 2.19. The summed E-state index contributed by atoms with van der Waals surface area (Å²) in [5, 5.41) is 0.780. The Labute approximate surface area is 125 Å². The zero-order chi connectivity index (χ0) is 14.5. The third-order valence-corrected chi connectivity index (χ3v) is 3.93. The highest BCUT2D eigenvalue weighted by Crippen LogP contribution is 2.27. The first-order valence-corrected chi connectivity index (χ1v) is 7.24. The molecule has 0 saturated heterocycles. The average molecular weight is 293 g/mol. The van der Waals surface area contributed by atoms with Gasteiger partial charge in [-0.05, 0) is 37.2 Å². The molecule has 1 aromatic carbocycles. The van der Waals surface area contributed by atoms with Gasteiger partial charge in [-0.25, -0.2) is 0 Å². The van der Waals surface area contributed by atoms with E-state index in [0.29, 0.717) is 0 Å². The van der Waals surface area contributed by atoms with Gasteiger partial charge in [-0.3, -0.25) is 4.90 Å². The van der Waals surface area contributed by atoms with Crippen LogP contribution in [0.25, 0.3) is 0 Å². The van der Waals surface area contributed by atoms with E-state index >= 15 is 0 Å². The minimum atomic E-state index is 0.0219. The highest BCUT2D eigenvalue weighted by atomic mass is 35.5. The van der Waals surface area contributed by atoms with Gasteiger partial charge < -0.3 is 10.2 Å². The first-order chi connectivity index (χ1) is 9.63. The average Bonchev–Trinajstić information content (AvgIpc) is 2.95. The van der Waals surface area contributed by atoms with Crippen LogP contribution in [0.1, 0.15) is 30.7 Å². The van der Waals surface area contributed by atoms with Crippen LogP contribution in [-0.2, 0) is 6.54 Å². The van der Waals surface area contributed by atoms with Crippen LogP contribution in [-0.4, -0.2) is 18.0 Å². The number of halogens is 1. The fraction of sp³-hybridized carbons (Fsp3) is 0.375. The number of likely N-dealkylation sites (N-methyl/N-ethyl adjacent to an activating group) is 1. The maximum Gasteiger partial charge on any atom is 0.122 e. The van der Waals surface area contributed by atoms with E-state index in [1.54, 1.807) is 6.26 Å². The van der Waals surface area contributed by atoms with Crippen LogP contribution in [0.2, 0.25) is 5.02 Å². The molecule has 0 amide bonds. The van der Waals surface area contributed by atoms with E-state index in [4.69, 9.17) is 21.8 Å². The molecule has 1 heterocycles. The molecule has 2 aromatic rings. The third-order valence-electron chi connectivity index (χ3n) is 3.56. The maximum atomic E-state index is 6.27. The van der Waals surface area contributed by atoms with Crippen molar-refractivity contribution < 1.29 is 4.42 Å². The summed E-state index contributed by atoms with van der Waals surface area (Å²) in [5.41, 5.74) is 7.36. The van der Waals surface area contributed by atoms with E-state index in [1.165, 1.54) is 0 Å². The van der Waals surface area contributed by atoms with Crippen LogP contribution in [0.15, 0.2) is 47.1 Å². The molecule has 2 unspecified atom stereocenters. The van der Waals surface area contributed by atoms with E-state index < -0.39 is 0 Å². The maximum absolute atomic E-state index is 6.27. The molecular weight excluding hydrogens is 272 g/mol. The second-order valence-electron chi connectivity index (χ2n) is 5.04. The van der Waals surface area contributed by atoms with E-state index in [-0.39, 0.29) is 12.1 Å². The van der Waals surface area contributed by atoms with E-state index in [0.717, 1.165) is 29.3 Å². The van der Waals surface area contributed by atoms with Crippen LogP contribution in [0.3, 0.4) is 0 Å². The molecule has 0 radical (unpaired) electrons. The van der Waals surface area contributed by atoms with Crippen LogP contribution in [0, 0.1) is 0 Å². The first kappa shape index (κ1) is 15.1. The number of hydrogen-bond acceptors (Lipinski definition) is 3. The molecule has 2 atom stereocenters. The summed E-state index contributed by atoms with van der Waals surface area (Å²) in [7, 11) is 2.05. The molecule has 2 rings (SSSR count). The molecule has 4 heteroatoms. The quantitative estimate of drug-likeness (QED) is 0.879. The summed E-state index contributed by atoms with van der Waals surface area (Å²) in [5.74, 6) is 0.897. The Morgan fingerprint density at radius 1 is 1.25 bits per heavy atom. The van der Waals surface area contributed by atoms with Crippen molar-refractivity contribution in [2.45, 2.75) is 32.0 Å². The summed E-state index contributed by atoms with van der Waals surface area (Å²) in [6.45, 7) is 2.82. The molecule has 0 saturated carbocycles. The zero-order valence-electron chi connectivity index (χ0n) is 11.9. The lowest BCUT2D eigenvalue weighted by atomic mass is 10.0. The van der Waals surface area contributed by atoms with Gasteiger partial charge in [0.15, 0.2) is 0 Å². The van der Waals surface area contributed by atoms with Crippen LogP contribution >= 0.6 is 11.6 Å². The van der Waals surface area contributed by atoms with Crippen molar-refractivity contribution in [2.24, 2.45) is 5.73 Å². The van der Waals surface area contributed by atoms with Crippen LogP contribution in [0.4, 0.5) is 0 Å². The van der Waals surface area contributed by atoms with Gasteiger partial charge in [0.1, 0.15) is 5.76 Å². The van der Waals surface area contributed by atoms with Crippen molar-refractivity contribution in [2.75, 3.05) is 7.05 Å². The van der Waals surface area contributed by atoms with Gasteiger partial charge in [0.25, 0.3) is 0 Å². The minimum Gasteiger partial charge on any atom is -0.468 e. The Balaban J connectivity index is 2.19. The number of nitrogens with two attached hydrogens (primary N) is 1. The minimum absolute atomic E-state index is 0.0219. The summed E-state index contributed by atoms with van der Waals surface area (Å²) in [6.07, 6.45) is 2.58. The molecule has 0 aliphatic carbocycles. The molecule has 2 N–H and O–H groups in total. The highest BCUT2D eigenvalue weighted by Gasteiger charge is 2.25. The molecule has 0 fully saturated rings. The van der Waals surface area contributed by atoms with Gasteiger partial charge in [0.05, 0.1) is 12.3 Å². The molecule has 3 nitrogen and oxygen atoms in total. The SMILES string of the molecule is CCC(N)C(c1ccco1)N(C)Cc1ccccc1Cl. The van der Waals surface area contributed by atoms with Gasteiger partial charge in [0, 0.05) is 17.6 Å². The standard InChI is InChI=1S/C16H21ClN2O/c1-3-14(18)16(15-9-6-10-20-15)19(2)11-12-7-4-5-8-13(12)17/h4-10,14,16H,3,11,18H2,1-2H3. The van der Waals surface area contributed by atoms with E-state index in [1.807, 2.05) is 43.4 Å². The van der Waals surface area contributed by atoms with Crippen molar-refractivity contribution in [3.05, 3.63) is 59.0 Å². The smallest absolute Gasteiger partial charge is 0.122 e. The Morgan fingerprint density at radius 2 is 2.00 bits per heavy atom. The normalized spacial score (nSPS) is 14.4. The Kier molecular flexibility index (Phi) is 5.24. The predicted octanol–water partition coefficient (Wildman–Crippen LogP) is 3.84. The second kappa shape index (κ2) is 6.93. The summed E-state index contributed by atoms with van der Waals surface area (Å²) >= 11 is 6.23. The zero-order valence-corrected chi connectivity index (χ0v) is 12.7. The number of hydrogen-bond donors (Lipinski definition) is 1. The van der Waals surface area contributed by atoms with Crippen molar-refractivity contribution in [3.63, 3.8) is 0 Å². The lowest BCUT2D eigenvalue weighted by Crippen LogP contribution is -2.38. The van der Waals surface area contributed by atoms with Crippen LogP contribution in [0.5, 0.6) is 0 Å². The topological polar surface area (TPSA) is 42.4 Å². The van der Waals surface area contributed by atoms with E-state index in [2.05, 4.69) is 11.8 Å². The number of nitrogens with zero attached hydrogens (tertiary/aromatic N) is 1. The molecule has 0 aliphatic rings. The Bertz CT molecular complexity index is 527. The van der Waals surface area contributed by atoms with Crippen molar-refractivity contribution >= 4 is 11.6 Å². The number of furan rings is 1. The van der Waals surface area contributed by atoms with Crippen LogP contribution < -0.4 is 5.73 Å². The molecule has 20 heavy (non-hydrogen) atoms. The lowest BCUT2D eigenvalue weighted by molar-refractivity contribution is 0.176. The number of rotatable bonds is 6. The third kappa shape index (κ3) is 3.42. The Morgan fingerprint density at radius 3 is 2.60 bits per heavy atom. The second-order valence-corrected chi connectivity index (χ2v) is 5.45. The highest BCUT2D eigenvalue weighted by molar-refractivity contribution is 6.31. The molecule has 1 aromatic heterocycles. The van der Waals surface area contributed by atoms with Crippen molar-refractivity contribution in [1.29, 1.82) is 0 Å². The van der Waals surface area contributed by atoms with Gasteiger partial charge >= 0.3 is 0 Å². The van der Waals surface area contributed by atoms with Crippen molar-refractivity contribution in [3.8, 4) is 0 Å². The van der Waals surface area contributed by atoms with Gasteiger partial charge in [0.2, 0.25) is 0 Å². The molecule has 0 aliphatic heterocycles. The number of benzene rings is 1. The molecule has 0 bridgehead atoms. The van der Waals surface area contributed by atoms with Gasteiger partial charge in [-0.1, -0.05) is 36.7 Å². The summed E-state index contributed by atoms with van der Waals surface area (Å²) < 4.78 is 5.55. The molecule has 108 valence electrons. The molecular formula is C16H21ClN2O.